The molecule has 0 radical (unpaired) electrons. The highest BCUT2D eigenvalue weighted by molar-refractivity contribution is 6.07. The Balaban J connectivity index is 1.80. The number of imide groups is 1. The lowest BCUT2D eigenvalue weighted by molar-refractivity contribution is -0.135. The number of rotatable bonds is 6. The normalized spacial score (nSPS) is 20.7. The lowest BCUT2D eigenvalue weighted by Crippen LogP contribution is -2.56. The van der Waals surface area contributed by atoms with Crippen molar-refractivity contribution >= 4 is 11.9 Å². The van der Waals surface area contributed by atoms with E-state index >= 15 is 0 Å². The Morgan fingerprint density at radius 3 is 2.40 bits per heavy atom. The summed E-state index contributed by atoms with van der Waals surface area (Å²) in [4.78, 5) is 31.5. The van der Waals surface area contributed by atoms with Crippen LogP contribution in [0.4, 0.5) is 4.79 Å². The predicted octanol–water partition coefficient (Wildman–Crippen LogP) is 1.60. The summed E-state index contributed by atoms with van der Waals surface area (Å²) in [7, 11) is 3.65. The summed E-state index contributed by atoms with van der Waals surface area (Å²) in [6.45, 7) is 2.94. The molecule has 1 aromatic rings. The van der Waals surface area contributed by atoms with Gasteiger partial charge in [0.15, 0.2) is 0 Å². The van der Waals surface area contributed by atoms with Crippen molar-refractivity contribution in [3.63, 3.8) is 0 Å². The maximum atomic E-state index is 13.1. The van der Waals surface area contributed by atoms with E-state index in [9.17, 15) is 9.59 Å². The molecule has 136 valence electrons. The van der Waals surface area contributed by atoms with Crippen molar-refractivity contribution in [2.75, 3.05) is 46.9 Å². The number of amides is 3. The molecule has 2 heterocycles. The molecule has 1 spiro atoms. The Kier molecular flexibility index (Phi) is 5.39. The SMILES string of the molecule is COCCN1C(=O)N(CCc2ccccc2)C2(CCN(C)CC2)C1=O. The van der Waals surface area contributed by atoms with Gasteiger partial charge in [-0.1, -0.05) is 30.3 Å². The van der Waals surface area contributed by atoms with E-state index in [4.69, 9.17) is 4.74 Å². The van der Waals surface area contributed by atoms with E-state index in [1.165, 1.54) is 10.5 Å². The Morgan fingerprint density at radius 2 is 1.76 bits per heavy atom. The molecule has 2 aliphatic rings. The van der Waals surface area contributed by atoms with Crippen LogP contribution in [0.1, 0.15) is 18.4 Å². The quantitative estimate of drug-likeness (QED) is 0.735. The standard InChI is InChI=1S/C19H27N3O3/c1-20-12-9-19(10-13-20)17(23)21(14-15-25-2)18(24)22(19)11-8-16-6-4-3-5-7-16/h3-7H,8-15H2,1-2H3. The van der Waals surface area contributed by atoms with Crippen LogP contribution >= 0.6 is 0 Å². The smallest absolute Gasteiger partial charge is 0.327 e. The first-order valence-electron chi connectivity index (χ1n) is 8.93. The zero-order valence-electron chi connectivity index (χ0n) is 15.1. The molecule has 2 fully saturated rings. The Labute approximate surface area is 149 Å². The molecule has 2 aliphatic heterocycles. The van der Waals surface area contributed by atoms with E-state index in [-0.39, 0.29) is 11.9 Å². The summed E-state index contributed by atoms with van der Waals surface area (Å²) in [5.74, 6) is -0.0456. The second kappa shape index (κ2) is 7.54. The fourth-order valence-electron chi connectivity index (χ4n) is 3.83. The highest BCUT2D eigenvalue weighted by atomic mass is 16.5. The molecule has 0 aromatic heterocycles. The summed E-state index contributed by atoms with van der Waals surface area (Å²) in [5, 5.41) is 0. The molecule has 0 saturated carbocycles. The maximum absolute atomic E-state index is 13.1. The van der Waals surface area contributed by atoms with Crippen LogP contribution < -0.4 is 0 Å². The highest BCUT2D eigenvalue weighted by Gasteiger charge is 2.57. The number of benzene rings is 1. The fraction of sp³-hybridized carbons (Fsp3) is 0.579. The summed E-state index contributed by atoms with van der Waals surface area (Å²) in [6.07, 6.45) is 2.16. The molecule has 0 N–H and O–H groups in total. The average Bonchev–Trinajstić information content (AvgIpc) is 2.82. The lowest BCUT2D eigenvalue weighted by Gasteiger charge is -2.41. The molecule has 1 aromatic carbocycles. The van der Waals surface area contributed by atoms with Crippen molar-refractivity contribution in [2.45, 2.75) is 24.8 Å². The molecule has 0 bridgehead atoms. The van der Waals surface area contributed by atoms with Gasteiger partial charge < -0.3 is 14.5 Å². The van der Waals surface area contributed by atoms with Crippen LogP contribution in [-0.2, 0) is 16.0 Å². The minimum atomic E-state index is -0.674. The number of methoxy groups -OCH3 is 1. The van der Waals surface area contributed by atoms with Gasteiger partial charge >= 0.3 is 6.03 Å². The molecular formula is C19H27N3O3. The van der Waals surface area contributed by atoms with Crippen LogP contribution in [0, 0.1) is 0 Å². The number of ether oxygens (including phenoxy) is 1. The van der Waals surface area contributed by atoms with Crippen LogP contribution in [0.15, 0.2) is 30.3 Å². The number of carbonyl (C=O) groups is 2. The van der Waals surface area contributed by atoms with E-state index in [1.807, 2.05) is 23.1 Å². The van der Waals surface area contributed by atoms with Gasteiger partial charge in [0.05, 0.1) is 13.2 Å². The molecule has 3 rings (SSSR count). The van der Waals surface area contributed by atoms with E-state index < -0.39 is 5.54 Å². The van der Waals surface area contributed by atoms with E-state index in [2.05, 4.69) is 24.1 Å². The molecular weight excluding hydrogens is 318 g/mol. The predicted molar refractivity (Wildman–Crippen MR) is 95.3 cm³/mol. The summed E-state index contributed by atoms with van der Waals surface area (Å²) in [6, 6.07) is 9.95. The Hall–Kier alpha value is -1.92. The molecule has 0 aliphatic carbocycles. The van der Waals surface area contributed by atoms with Crippen molar-refractivity contribution < 1.29 is 14.3 Å². The first-order valence-corrected chi connectivity index (χ1v) is 8.93. The number of hydrogen-bond acceptors (Lipinski definition) is 4. The van der Waals surface area contributed by atoms with Crippen LogP contribution in [-0.4, -0.2) is 79.1 Å². The van der Waals surface area contributed by atoms with E-state index in [0.717, 1.165) is 19.5 Å². The second-order valence-electron chi connectivity index (χ2n) is 6.95. The zero-order chi connectivity index (χ0) is 17.9. The number of urea groups is 1. The fourth-order valence-corrected chi connectivity index (χ4v) is 3.83. The van der Waals surface area contributed by atoms with Crippen LogP contribution in [0.2, 0.25) is 0 Å². The third-order valence-electron chi connectivity index (χ3n) is 5.42. The third-order valence-corrected chi connectivity index (χ3v) is 5.42. The number of likely N-dealkylation sites (tertiary alicyclic amines) is 1. The van der Waals surface area contributed by atoms with Gasteiger partial charge in [-0.3, -0.25) is 9.69 Å². The van der Waals surface area contributed by atoms with Crippen LogP contribution in [0.5, 0.6) is 0 Å². The summed E-state index contributed by atoms with van der Waals surface area (Å²) in [5.41, 5.74) is 0.507. The van der Waals surface area contributed by atoms with Crippen LogP contribution in [0.3, 0.4) is 0 Å². The van der Waals surface area contributed by atoms with Gasteiger partial charge in [0.2, 0.25) is 0 Å². The molecule has 6 nitrogen and oxygen atoms in total. The van der Waals surface area contributed by atoms with Gasteiger partial charge in [-0.25, -0.2) is 4.79 Å². The maximum Gasteiger partial charge on any atom is 0.327 e. The molecule has 0 atom stereocenters. The largest absolute Gasteiger partial charge is 0.383 e. The van der Waals surface area contributed by atoms with Gasteiger partial charge in [-0.15, -0.1) is 0 Å². The van der Waals surface area contributed by atoms with E-state index in [0.29, 0.717) is 32.5 Å². The zero-order valence-corrected chi connectivity index (χ0v) is 15.1. The second-order valence-corrected chi connectivity index (χ2v) is 6.95. The number of carbonyl (C=O) groups excluding carboxylic acids is 2. The van der Waals surface area contributed by atoms with Gasteiger partial charge in [0.25, 0.3) is 5.91 Å². The van der Waals surface area contributed by atoms with Gasteiger partial charge in [-0.05, 0) is 31.9 Å². The molecule has 3 amide bonds. The monoisotopic (exact) mass is 345 g/mol. The minimum Gasteiger partial charge on any atom is -0.383 e. The third kappa shape index (κ3) is 3.41. The first kappa shape index (κ1) is 17.9. The minimum absolute atomic E-state index is 0.0456. The molecule has 6 heteroatoms. The van der Waals surface area contributed by atoms with Crippen molar-refractivity contribution in [1.82, 2.24) is 14.7 Å². The van der Waals surface area contributed by atoms with Crippen molar-refractivity contribution in [3.8, 4) is 0 Å². The van der Waals surface area contributed by atoms with Crippen molar-refractivity contribution in [2.24, 2.45) is 0 Å². The van der Waals surface area contributed by atoms with Crippen molar-refractivity contribution in [3.05, 3.63) is 35.9 Å². The summed E-state index contributed by atoms with van der Waals surface area (Å²) < 4.78 is 5.08. The topological polar surface area (TPSA) is 53.1 Å². The lowest BCUT2D eigenvalue weighted by atomic mass is 9.85. The average molecular weight is 345 g/mol. The van der Waals surface area contributed by atoms with Gasteiger partial charge in [-0.2, -0.15) is 0 Å². The van der Waals surface area contributed by atoms with Crippen molar-refractivity contribution in [1.29, 1.82) is 0 Å². The van der Waals surface area contributed by atoms with Crippen LogP contribution in [0.25, 0.3) is 0 Å². The summed E-state index contributed by atoms with van der Waals surface area (Å²) >= 11 is 0. The number of hydrogen-bond donors (Lipinski definition) is 0. The van der Waals surface area contributed by atoms with E-state index in [1.54, 1.807) is 7.11 Å². The number of piperidine rings is 1. The number of nitrogens with zero attached hydrogens (tertiary/aromatic N) is 3. The Bertz CT molecular complexity index is 612. The first-order chi connectivity index (χ1) is 12.1. The van der Waals surface area contributed by atoms with Gasteiger partial charge in [0, 0.05) is 26.7 Å². The molecule has 2 saturated heterocycles. The molecule has 25 heavy (non-hydrogen) atoms. The Morgan fingerprint density at radius 1 is 1.08 bits per heavy atom. The van der Waals surface area contributed by atoms with Gasteiger partial charge in [0.1, 0.15) is 5.54 Å². The molecule has 0 unspecified atom stereocenters. The highest BCUT2D eigenvalue weighted by Crippen LogP contribution is 2.37.